The second kappa shape index (κ2) is 25.2. The van der Waals surface area contributed by atoms with E-state index in [1.165, 1.54) is 27.0 Å². The zero-order valence-corrected chi connectivity index (χ0v) is 43.6. The van der Waals surface area contributed by atoms with Crippen molar-refractivity contribution in [2.24, 2.45) is 11.8 Å². The van der Waals surface area contributed by atoms with Crippen molar-refractivity contribution in [3.05, 3.63) is 79.9 Å². The third-order valence-electron chi connectivity index (χ3n) is 13.2. The molecule has 0 aliphatic carbocycles. The van der Waals surface area contributed by atoms with Gasteiger partial charge >= 0.3 is 11.9 Å². The third kappa shape index (κ3) is 13.5. The standard InChI is InChI=1S/C51H72Cl2O18/c1-12-29-21-25(6)32(55)17-15-14-16-30(22-64-50-44(63-11)41(60)43(28(9)65-50)67-47(62)34-31(13-2)35(52)38(57)36(53)37(34)56)46(61)66-33(27(8)54)19-18-24(5)20-26(7)42(29)68-49-40(59)39(58)45-51(10,71-49)70-48(69-45)23(3)4/h14-16,18,20-21,23,27-29,32-33,39-45,48-50,54-60H,12-13,17,19,22H2,1-11H3. The number of phenolic OH excluding ortho intramolecular Hbond substituents is 2. The van der Waals surface area contributed by atoms with Crippen molar-refractivity contribution in [2.45, 2.75) is 187 Å². The zero-order valence-electron chi connectivity index (χ0n) is 42.1. The van der Waals surface area contributed by atoms with Crippen molar-refractivity contribution in [2.75, 3.05) is 13.7 Å². The first-order valence-electron chi connectivity index (χ1n) is 24.0. The summed E-state index contributed by atoms with van der Waals surface area (Å²) < 4.78 is 54.1. The van der Waals surface area contributed by atoms with Crippen molar-refractivity contribution >= 4 is 35.1 Å². The Morgan fingerprint density at radius 2 is 1.61 bits per heavy atom. The second-order valence-electron chi connectivity index (χ2n) is 19.1. The summed E-state index contributed by atoms with van der Waals surface area (Å²) in [5.74, 6) is -5.16. The molecule has 1 aromatic rings. The van der Waals surface area contributed by atoms with Gasteiger partial charge in [0.05, 0.1) is 41.6 Å². The van der Waals surface area contributed by atoms with Gasteiger partial charge in [-0.3, -0.25) is 0 Å². The van der Waals surface area contributed by atoms with E-state index in [-0.39, 0.29) is 47.3 Å². The predicted octanol–water partition coefficient (Wildman–Crippen LogP) is 6.00. The highest BCUT2D eigenvalue weighted by Gasteiger charge is 2.60. The van der Waals surface area contributed by atoms with Crippen LogP contribution in [0.3, 0.4) is 0 Å². The van der Waals surface area contributed by atoms with Gasteiger partial charge in [0.25, 0.3) is 0 Å². The Kier molecular flexibility index (Phi) is 20.7. The van der Waals surface area contributed by atoms with Crippen LogP contribution in [0.4, 0.5) is 0 Å². The highest BCUT2D eigenvalue weighted by molar-refractivity contribution is 6.39. The molecule has 3 fully saturated rings. The summed E-state index contributed by atoms with van der Waals surface area (Å²) in [5.41, 5.74) is 1.68. The SMILES string of the molecule is CCc1c(Cl)c(O)c(Cl)c(O)c1C(=O)OC1C(C)OC(OCC2=CC=CCC(O)C(C)=CC(CC)C(OC3OC4(C)OC(C(C)C)OC4C(O)C3O)C(C)=CC(C)=CCC(C(C)O)OC2=O)C(OC)C1O. The lowest BCUT2D eigenvalue weighted by molar-refractivity contribution is -0.367. The number of esters is 2. The summed E-state index contributed by atoms with van der Waals surface area (Å²) in [6, 6.07) is 0. The minimum Gasteiger partial charge on any atom is -0.505 e. The number of aromatic hydroxyl groups is 2. The Morgan fingerprint density at radius 3 is 2.23 bits per heavy atom. The molecule has 71 heavy (non-hydrogen) atoms. The second-order valence-corrected chi connectivity index (χ2v) is 19.8. The van der Waals surface area contributed by atoms with Crippen LogP contribution in [-0.2, 0) is 53.8 Å². The number of fused-ring (bicyclic) bond motifs is 1. The number of ether oxygens (including phenoxy) is 9. The summed E-state index contributed by atoms with van der Waals surface area (Å²) in [6.07, 6.45) is -5.32. The molecule has 0 saturated carbocycles. The number of methoxy groups -OCH3 is 1. The fourth-order valence-electron chi connectivity index (χ4n) is 8.95. The van der Waals surface area contributed by atoms with E-state index in [9.17, 15) is 45.3 Å². The fourth-order valence-corrected chi connectivity index (χ4v) is 9.51. The molecule has 4 heterocycles. The minimum absolute atomic E-state index is 0.0261. The molecule has 4 aliphatic rings. The van der Waals surface area contributed by atoms with E-state index in [2.05, 4.69) is 0 Å². The first-order valence-corrected chi connectivity index (χ1v) is 24.7. The number of cyclic esters (lactones) is 1. The maximum Gasteiger partial charge on any atom is 0.342 e. The van der Waals surface area contributed by atoms with Crippen molar-refractivity contribution in [3.63, 3.8) is 0 Å². The van der Waals surface area contributed by atoms with Gasteiger partial charge in [-0.2, -0.15) is 0 Å². The van der Waals surface area contributed by atoms with Gasteiger partial charge in [0.2, 0.25) is 5.79 Å². The molecular weight excluding hydrogens is 971 g/mol. The van der Waals surface area contributed by atoms with Gasteiger partial charge in [-0.1, -0.05) is 86.9 Å². The van der Waals surface area contributed by atoms with Crippen LogP contribution in [0.15, 0.2) is 58.7 Å². The van der Waals surface area contributed by atoms with E-state index in [0.717, 1.165) is 5.57 Å². The molecule has 0 amide bonds. The normalized spacial score (nSPS) is 35.1. The van der Waals surface area contributed by atoms with E-state index >= 15 is 0 Å². The highest BCUT2D eigenvalue weighted by Crippen LogP contribution is 2.46. The molecule has 0 radical (unpaired) electrons. The maximum atomic E-state index is 14.0. The molecular formula is C51H72Cl2O18. The number of carbonyl (C=O) groups excluding carboxylic acids is 2. The molecule has 20 heteroatoms. The molecule has 0 aromatic heterocycles. The monoisotopic (exact) mass is 1040 g/mol. The van der Waals surface area contributed by atoms with Crippen LogP contribution in [0.25, 0.3) is 0 Å². The molecule has 16 unspecified atom stereocenters. The van der Waals surface area contributed by atoms with Crippen LogP contribution in [-0.4, -0.2) is 153 Å². The Morgan fingerprint density at radius 1 is 0.915 bits per heavy atom. The Bertz CT molecular complexity index is 2190. The number of rotatable bonds is 12. The lowest BCUT2D eigenvalue weighted by Crippen LogP contribution is -2.63. The number of carbonyl (C=O) groups is 2. The van der Waals surface area contributed by atoms with E-state index < -0.39 is 132 Å². The molecule has 16 atom stereocenters. The molecule has 7 N–H and O–H groups in total. The molecule has 0 bridgehead atoms. The van der Waals surface area contributed by atoms with Crippen LogP contribution < -0.4 is 0 Å². The number of aliphatic hydroxyl groups is 5. The maximum absolute atomic E-state index is 14.0. The lowest BCUT2D eigenvalue weighted by Gasteiger charge is -2.44. The first kappa shape index (κ1) is 58.4. The van der Waals surface area contributed by atoms with Crippen LogP contribution >= 0.6 is 23.2 Å². The Hall–Kier alpha value is -3.44. The van der Waals surface area contributed by atoms with Crippen molar-refractivity contribution < 1.29 is 88.0 Å². The molecule has 0 spiro atoms. The predicted molar refractivity (Wildman–Crippen MR) is 259 cm³/mol. The Balaban J connectivity index is 1.38. The van der Waals surface area contributed by atoms with Gasteiger partial charge < -0.3 is 78.4 Å². The number of aliphatic hydroxyl groups excluding tert-OH is 5. The van der Waals surface area contributed by atoms with E-state index in [1.54, 1.807) is 39.0 Å². The topological polar surface area (TPSA) is 259 Å². The van der Waals surface area contributed by atoms with E-state index in [1.807, 2.05) is 46.8 Å². The van der Waals surface area contributed by atoms with Crippen molar-refractivity contribution in [1.82, 2.24) is 0 Å². The summed E-state index contributed by atoms with van der Waals surface area (Å²) in [4.78, 5) is 27.5. The lowest BCUT2D eigenvalue weighted by atomic mass is 9.89. The van der Waals surface area contributed by atoms with E-state index in [4.69, 9.17) is 65.8 Å². The number of hydrogen-bond donors (Lipinski definition) is 7. The van der Waals surface area contributed by atoms with Gasteiger partial charge in [-0.05, 0) is 83.6 Å². The number of halogens is 2. The molecule has 5 rings (SSSR count). The molecule has 4 aliphatic heterocycles. The molecule has 18 nitrogen and oxygen atoms in total. The highest BCUT2D eigenvalue weighted by atomic mass is 35.5. The van der Waals surface area contributed by atoms with Gasteiger partial charge in [0, 0.05) is 25.4 Å². The van der Waals surface area contributed by atoms with Gasteiger partial charge in [0.15, 0.2) is 36.5 Å². The average molecular weight is 1040 g/mol. The number of phenols is 2. The number of allylic oxidation sites excluding steroid dienone is 4. The Labute approximate surface area is 425 Å². The van der Waals surface area contributed by atoms with Crippen molar-refractivity contribution in [1.29, 1.82) is 0 Å². The fraction of sp³-hybridized carbons (Fsp3) is 0.647. The van der Waals surface area contributed by atoms with Crippen LogP contribution in [0.5, 0.6) is 11.5 Å². The van der Waals surface area contributed by atoms with Crippen LogP contribution in [0.2, 0.25) is 10.0 Å². The van der Waals surface area contributed by atoms with Gasteiger partial charge in [-0.25, -0.2) is 9.59 Å². The smallest absolute Gasteiger partial charge is 0.342 e. The van der Waals surface area contributed by atoms with Gasteiger partial charge in [0.1, 0.15) is 47.2 Å². The van der Waals surface area contributed by atoms with Crippen molar-refractivity contribution in [3.8, 4) is 11.5 Å². The summed E-state index contributed by atoms with van der Waals surface area (Å²) >= 11 is 12.3. The number of benzene rings is 1. The van der Waals surface area contributed by atoms with Crippen LogP contribution in [0.1, 0.15) is 104 Å². The minimum atomic E-state index is -1.57. The molecule has 3 saturated heterocycles. The zero-order chi connectivity index (χ0) is 52.8. The van der Waals surface area contributed by atoms with Crippen LogP contribution in [0, 0.1) is 11.8 Å². The first-order chi connectivity index (χ1) is 33.4. The van der Waals surface area contributed by atoms with Gasteiger partial charge in [-0.15, -0.1) is 0 Å². The quantitative estimate of drug-likeness (QED) is 0.0935. The summed E-state index contributed by atoms with van der Waals surface area (Å²) in [6.45, 7) is 17.0. The summed E-state index contributed by atoms with van der Waals surface area (Å²) in [5, 5.41) is 76.4. The third-order valence-corrected chi connectivity index (χ3v) is 14.0. The molecule has 1 aromatic carbocycles. The average Bonchev–Trinajstić information content (AvgIpc) is 3.68. The van der Waals surface area contributed by atoms with E-state index in [0.29, 0.717) is 17.6 Å². The largest absolute Gasteiger partial charge is 0.505 e. The molecule has 398 valence electrons. The number of hydrogen-bond acceptors (Lipinski definition) is 18. The summed E-state index contributed by atoms with van der Waals surface area (Å²) in [7, 11) is 1.27.